The number of carbonyl (C=O) groups is 7. The van der Waals surface area contributed by atoms with Gasteiger partial charge in [0.25, 0.3) is 17.7 Å². The van der Waals surface area contributed by atoms with E-state index in [1.54, 1.807) is 60.8 Å². The molecule has 3 aliphatic rings. The number of amides is 5. The zero-order valence-corrected chi connectivity index (χ0v) is 37.4. The Balaban J connectivity index is 1.02. The topological polar surface area (TPSA) is 305 Å². The number of aliphatic carboxylic acids is 1. The molecule has 2 aromatic carbocycles. The number of unbranched alkanes of at least 4 members (excludes halogenated alkanes) is 2. The fraction of sp³-hybridized carbons (Fsp3) is 0.417. The molecule has 6 atom stereocenters. The van der Waals surface area contributed by atoms with Crippen molar-refractivity contribution in [1.29, 1.82) is 0 Å². The number of piperidine rings is 1. The highest BCUT2D eigenvalue weighted by molar-refractivity contribution is 6.15. The predicted octanol–water partition coefficient (Wildman–Crippen LogP) is 0.658. The number of likely N-dealkylation sites (tertiary alicyclic amines) is 1. The van der Waals surface area contributed by atoms with Gasteiger partial charge in [0.05, 0.1) is 5.69 Å². The Kier molecular flexibility index (Phi) is 17.7. The number of nitrogens with zero attached hydrogens (tertiary/aromatic N) is 3. The first kappa shape index (κ1) is 50.6. The van der Waals surface area contributed by atoms with Gasteiger partial charge in [-0.25, -0.2) is 9.36 Å². The van der Waals surface area contributed by atoms with Gasteiger partial charge in [0, 0.05) is 79.6 Å². The van der Waals surface area contributed by atoms with E-state index in [2.05, 4.69) is 10.6 Å². The van der Waals surface area contributed by atoms with Crippen LogP contribution in [0.25, 0.3) is 6.08 Å². The maximum absolute atomic E-state index is 13.3. The minimum atomic E-state index is -1.96. The van der Waals surface area contributed by atoms with Gasteiger partial charge in [0.15, 0.2) is 30.8 Å². The number of carboxylic acid groups (broad SMARTS) is 1. The summed E-state index contributed by atoms with van der Waals surface area (Å²) in [6.07, 6.45) is 5.18. The number of imide groups is 1. The van der Waals surface area contributed by atoms with Gasteiger partial charge in [0.1, 0.15) is 30.1 Å². The number of carboxylic acids is 1. The summed E-state index contributed by atoms with van der Waals surface area (Å²) >= 11 is 0. The monoisotopic (exact) mass is 940 g/mol. The third-order valence-electron chi connectivity index (χ3n) is 12.0. The van der Waals surface area contributed by atoms with E-state index in [9.17, 15) is 54.0 Å². The van der Waals surface area contributed by atoms with Gasteiger partial charge in [-0.3, -0.25) is 33.7 Å². The number of nitrogen functional groups attached to an aromatic ring is 1. The first-order chi connectivity index (χ1) is 32.6. The molecule has 362 valence electrons. The van der Waals surface area contributed by atoms with Crippen LogP contribution in [-0.2, 0) is 40.0 Å². The summed E-state index contributed by atoms with van der Waals surface area (Å²) in [4.78, 5) is 90.3. The Labute approximate surface area is 392 Å². The van der Waals surface area contributed by atoms with Gasteiger partial charge in [-0.1, -0.05) is 25.3 Å². The summed E-state index contributed by atoms with van der Waals surface area (Å²) in [5, 5.41) is 45.8. The van der Waals surface area contributed by atoms with Crippen LogP contribution in [0, 0.1) is 5.92 Å². The summed E-state index contributed by atoms with van der Waals surface area (Å²) < 4.78 is 12.9. The van der Waals surface area contributed by atoms with E-state index < -0.39 is 66.3 Å². The zero-order chi connectivity index (χ0) is 48.9. The molecule has 4 heterocycles. The molecule has 20 heteroatoms. The SMILES string of the molecule is NC[C@@H](C(=O)NCCC(=O)Nc1cc(C[n+]2cccc(/C=C/C(=O)CCCCCC3CCN(C(=O)c4cccc(N)c4)CC3)c2)ccc1O[C@@H]1O[C@H](C(=O)O)[C@@H](O)[C@H](O)[C@H]1O)N1C(=O)C=CC1=O. The Morgan fingerprint density at radius 2 is 1.66 bits per heavy atom. The van der Waals surface area contributed by atoms with E-state index in [-0.39, 0.29) is 49.2 Å². The number of aromatic nitrogens is 1. The molecule has 2 saturated heterocycles. The molecule has 0 saturated carbocycles. The van der Waals surface area contributed by atoms with Crippen molar-refractivity contribution >= 4 is 58.7 Å². The van der Waals surface area contributed by atoms with E-state index in [4.69, 9.17) is 20.9 Å². The van der Waals surface area contributed by atoms with E-state index in [1.807, 2.05) is 21.7 Å². The van der Waals surface area contributed by atoms with Crippen molar-refractivity contribution < 1.29 is 68.0 Å². The quantitative estimate of drug-likeness (QED) is 0.0239. The molecule has 0 bridgehead atoms. The second-order valence-corrected chi connectivity index (χ2v) is 17.0. The van der Waals surface area contributed by atoms with Crippen LogP contribution in [0.4, 0.5) is 11.4 Å². The molecule has 3 aromatic rings. The number of anilines is 2. The van der Waals surface area contributed by atoms with Crippen molar-refractivity contribution in [3.8, 4) is 5.75 Å². The average Bonchev–Trinajstić information content (AvgIpc) is 3.65. The first-order valence-corrected chi connectivity index (χ1v) is 22.5. The second-order valence-electron chi connectivity index (χ2n) is 17.0. The van der Waals surface area contributed by atoms with Crippen molar-refractivity contribution in [2.75, 3.05) is 37.2 Å². The molecule has 68 heavy (non-hydrogen) atoms. The molecule has 3 aliphatic heterocycles. The van der Waals surface area contributed by atoms with E-state index in [1.165, 1.54) is 6.07 Å². The summed E-state index contributed by atoms with van der Waals surface area (Å²) in [7, 11) is 0. The van der Waals surface area contributed by atoms with E-state index in [0.717, 1.165) is 69.3 Å². The molecule has 10 N–H and O–H groups in total. The highest BCUT2D eigenvalue weighted by Gasteiger charge is 2.48. The van der Waals surface area contributed by atoms with Gasteiger partial charge in [0.2, 0.25) is 18.1 Å². The average molecular weight is 941 g/mol. The number of benzene rings is 2. The fourth-order valence-corrected chi connectivity index (χ4v) is 8.24. The van der Waals surface area contributed by atoms with Crippen molar-refractivity contribution in [1.82, 2.24) is 15.1 Å². The van der Waals surface area contributed by atoms with Crippen molar-refractivity contribution in [2.24, 2.45) is 11.7 Å². The lowest BCUT2D eigenvalue weighted by Gasteiger charge is -2.38. The number of pyridine rings is 1. The number of ketones is 1. The maximum Gasteiger partial charge on any atom is 0.335 e. The Morgan fingerprint density at radius 1 is 0.912 bits per heavy atom. The molecular formula is C48H58N7O13+. The van der Waals surface area contributed by atoms with Gasteiger partial charge >= 0.3 is 5.97 Å². The smallest absolute Gasteiger partial charge is 0.335 e. The van der Waals surface area contributed by atoms with Crippen LogP contribution in [0.5, 0.6) is 5.75 Å². The van der Waals surface area contributed by atoms with Crippen LogP contribution in [0.15, 0.2) is 85.2 Å². The molecule has 20 nitrogen and oxygen atoms in total. The van der Waals surface area contributed by atoms with Gasteiger partial charge in [-0.05, 0) is 79.8 Å². The van der Waals surface area contributed by atoms with E-state index >= 15 is 0 Å². The second kappa shape index (κ2) is 23.7. The molecule has 0 spiro atoms. The molecule has 6 rings (SSSR count). The number of allylic oxidation sites excluding steroid dienone is 1. The van der Waals surface area contributed by atoms with E-state index in [0.29, 0.717) is 34.1 Å². The van der Waals surface area contributed by atoms with Gasteiger partial charge in [-0.15, -0.1) is 0 Å². The Bertz CT molecular complexity index is 2380. The highest BCUT2D eigenvalue weighted by Crippen LogP contribution is 2.31. The lowest BCUT2D eigenvalue weighted by Crippen LogP contribution is -2.61. The van der Waals surface area contributed by atoms with Crippen LogP contribution in [0.2, 0.25) is 0 Å². The largest absolute Gasteiger partial charge is 0.479 e. The Hall–Kier alpha value is -6.84. The van der Waals surface area contributed by atoms with Crippen molar-refractivity contribution in [3.05, 3.63) is 102 Å². The highest BCUT2D eigenvalue weighted by atomic mass is 16.7. The van der Waals surface area contributed by atoms with Crippen LogP contribution < -0.4 is 31.4 Å². The first-order valence-electron chi connectivity index (χ1n) is 22.5. The number of hydrogen-bond donors (Lipinski definition) is 8. The number of hydrogen-bond acceptors (Lipinski definition) is 14. The number of nitrogens with one attached hydrogen (secondary N) is 2. The molecule has 1 aromatic heterocycles. The lowest BCUT2D eigenvalue weighted by molar-refractivity contribution is -0.688. The van der Waals surface area contributed by atoms with Crippen molar-refractivity contribution in [2.45, 2.75) is 94.7 Å². The number of carbonyl (C=O) groups excluding carboxylic acids is 6. The normalized spacial score (nSPS) is 21.2. The number of ether oxygens (including phenoxy) is 2. The summed E-state index contributed by atoms with van der Waals surface area (Å²) in [5.41, 5.74) is 14.1. The van der Waals surface area contributed by atoms with Gasteiger partial charge in [-0.2, -0.15) is 0 Å². The Morgan fingerprint density at radius 3 is 2.37 bits per heavy atom. The zero-order valence-electron chi connectivity index (χ0n) is 37.4. The third kappa shape index (κ3) is 13.4. The summed E-state index contributed by atoms with van der Waals surface area (Å²) in [6.45, 7) is 1.11. The lowest BCUT2D eigenvalue weighted by atomic mass is 9.90. The van der Waals surface area contributed by atoms with Crippen molar-refractivity contribution in [3.63, 3.8) is 0 Å². The standard InChI is InChI=1S/C48H57N7O13/c49-26-36(55-39(58)15-16-40(55)59)45(63)51-20-17-38(57)52-35-24-31(12-14-37(35)67-48-43(62)41(60)42(61)44(68-48)47(65)66)28-53-21-5-7-30(27-53)11-13-34(56)10-3-1-2-6-29-18-22-54(23-19-29)46(64)32-8-4-9-33(50)25-32/h4-5,7-9,11-16,21,24-25,27,29,36,41-44,48,60-62H,1-3,6,10,17-20,22-23,26,28,49-50H2,(H2-,51,52,57,63,65,66)/p+1/b13-11+/t36-,41-,42-,43+,44-,48+/m0/s1. The minimum Gasteiger partial charge on any atom is -0.479 e. The number of nitrogens with two attached hydrogens (primary N) is 2. The van der Waals surface area contributed by atoms with Crippen LogP contribution in [-0.4, -0.2) is 134 Å². The fourth-order valence-electron chi connectivity index (χ4n) is 8.24. The molecule has 0 unspecified atom stereocenters. The number of rotatable bonds is 21. The summed E-state index contributed by atoms with van der Waals surface area (Å²) in [6, 6.07) is 14.0. The predicted molar refractivity (Wildman–Crippen MR) is 244 cm³/mol. The molecule has 2 fully saturated rings. The number of aliphatic hydroxyl groups is 3. The molecule has 5 amide bonds. The third-order valence-corrected chi connectivity index (χ3v) is 12.0. The van der Waals surface area contributed by atoms with Crippen LogP contribution >= 0.6 is 0 Å². The van der Waals surface area contributed by atoms with Gasteiger partial charge < -0.3 is 56.9 Å². The van der Waals surface area contributed by atoms with Crippen LogP contribution in [0.3, 0.4) is 0 Å². The molecule has 0 aliphatic carbocycles. The minimum absolute atomic E-state index is 0.00127. The molecular weight excluding hydrogens is 883 g/mol. The van der Waals surface area contributed by atoms with Crippen LogP contribution in [0.1, 0.15) is 72.9 Å². The number of aliphatic hydroxyl groups excluding tert-OH is 3. The molecule has 0 radical (unpaired) electrons. The summed E-state index contributed by atoms with van der Waals surface area (Å²) in [5.74, 6) is -3.95. The maximum atomic E-state index is 13.3.